The van der Waals surface area contributed by atoms with Gasteiger partial charge in [0.15, 0.2) is 0 Å². The van der Waals surface area contributed by atoms with Crippen molar-refractivity contribution < 1.29 is 4.79 Å². The normalized spacial score (nSPS) is 25.0. The average molecular weight is 304 g/mol. The van der Waals surface area contributed by atoms with Gasteiger partial charge in [-0.2, -0.15) is 0 Å². The van der Waals surface area contributed by atoms with Crippen LogP contribution in [0.4, 0.5) is 0 Å². The van der Waals surface area contributed by atoms with E-state index in [-0.39, 0.29) is 12.4 Å². The lowest BCUT2D eigenvalue weighted by Crippen LogP contribution is -2.49. The van der Waals surface area contributed by atoms with Crippen LogP contribution in [0.2, 0.25) is 0 Å². The molecule has 2 rings (SSSR count). The Labute approximate surface area is 129 Å². The first-order chi connectivity index (χ1) is 9.20. The van der Waals surface area contributed by atoms with Gasteiger partial charge in [-0.15, -0.1) is 12.4 Å². The summed E-state index contributed by atoms with van der Waals surface area (Å²) in [6.45, 7) is 2.69. The van der Waals surface area contributed by atoms with Gasteiger partial charge in [-0.25, -0.2) is 0 Å². The van der Waals surface area contributed by atoms with Crippen LogP contribution >= 0.6 is 12.4 Å². The topological polar surface area (TPSA) is 35.6 Å². The maximum atomic E-state index is 12.4. The summed E-state index contributed by atoms with van der Waals surface area (Å²) in [5, 5.41) is 3.33. The second-order valence-corrected chi connectivity index (χ2v) is 6.16. The second kappa shape index (κ2) is 8.85. The van der Waals surface area contributed by atoms with Crippen molar-refractivity contribution in [1.82, 2.24) is 15.1 Å². The number of halogens is 1. The summed E-state index contributed by atoms with van der Waals surface area (Å²) in [6, 6.07) is 1.05. The molecule has 1 amide bonds. The summed E-state index contributed by atoms with van der Waals surface area (Å²) < 4.78 is 0. The van der Waals surface area contributed by atoms with E-state index >= 15 is 0 Å². The van der Waals surface area contributed by atoms with E-state index in [0.29, 0.717) is 24.5 Å². The number of hydrogen-bond donors (Lipinski definition) is 1. The van der Waals surface area contributed by atoms with Gasteiger partial charge < -0.3 is 10.2 Å². The van der Waals surface area contributed by atoms with Crippen molar-refractivity contribution >= 4 is 18.3 Å². The maximum Gasteiger partial charge on any atom is 0.236 e. The molecule has 5 heteroatoms. The number of rotatable bonds is 4. The number of likely N-dealkylation sites (N-methyl/N-ethyl adjacent to an activating group) is 2. The lowest BCUT2D eigenvalue weighted by atomic mass is 9.94. The zero-order chi connectivity index (χ0) is 13.7. The van der Waals surface area contributed by atoms with Crippen LogP contribution in [0.15, 0.2) is 0 Å². The molecular weight excluding hydrogens is 274 g/mol. The van der Waals surface area contributed by atoms with E-state index in [1.165, 1.54) is 44.9 Å². The van der Waals surface area contributed by atoms with Gasteiger partial charge in [-0.1, -0.05) is 19.3 Å². The molecule has 1 aliphatic heterocycles. The number of nitrogens with zero attached hydrogens (tertiary/aromatic N) is 2. The van der Waals surface area contributed by atoms with Crippen LogP contribution in [0, 0.1) is 0 Å². The van der Waals surface area contributed by atoms with Crippen molar-refractivity contribution in [2.75, 3.05) is 33.7 Å². The number of carbonyl (C=O) groups is 1. The number of piperidine rings is 1. The molecule has 0 aromatic heterocycles. The van der Waals surface area contributed by atoms with E-state index in [9.17, 15) is 4.79 Å². The van der Waals surface area contributed by atoms with Gasteiger partial charge >= 0.3 is 0 Å². The van der Waals surface area contributed by atoms with Crippen LogP contribution < -0.4 is 5.32 Å². The van der Waals surface area contributed by atoms with E-state index in [4.69, 9.17) is 0 Å². The van der Waals surface area contributed by atoms with Crippen LogP contribution in [0.1, 0.15) is 44.9 Å². The molecule has 1 heterocycles. The minimum Gasteiger partial charge on any atom is -0.342 e. The molecule has 0 radical (unpaired) electrons. The first-order valence-corrected chi connectivity index (χ1v) is 7.86. The molecule has 20 heavy (non-hydrogen) atoms. The Hall–Kier alpha value is -0.320. The SMILES string of the molecule is CNC1CCCN(CC(=O)N(C)C2CCCCC2)C1.Cl. The summed E-state index contributed by atoms with van der Waals surface area (Å²) in [4.78, 5) is 16.7. The molecule has 2 aliphatic rings. The van der Waals surface area contributed by atoms with Gasteiger partial charge in [0.25, 0.3) is 0 Å². The van der Waals surface area contributed by atoms with Crippen molar-refractivity contribution in [2.24, 2.45) is 0 Å². The Bertz CT molecular complexity index is 295. The second-order valence-electron chi connectivity index (χ2n) is 6.16. The van der Waals surface area contributed by atoms with E-state index in [1.54, 1.807) is 0 Å². The van der Waals surface area contributed by atoms with Crippen LogP contribution in [-0.4, -0.2) is 61.5 Å². The van der Waals surface area contributed by atoms with Gasteiger partial charge in [-0.05, 0) is 39.3 Å². The Morgan fingerprint density at radius 2 is 1.90 bits per heavy atom. The highest BCUT2D eigenvalue weighted by molar-refractivity contribution is 5.85. The van der Waals surface area contributed by atoms with Crippen molar-refractivity contribution in [3.63, 3.8) is 0 Å². The van der Waals surface area contributed by atoms with Crippen molar-refractivity contribution in [3.8, 4) is 0 Å². The van der Waals surface area contributed by atoms with Crippen LogP contribution in [0.3, 0.4) is 0 Å². The summed E-state index contributed by atoms with van der Waals surface area (Å²) in [7, 11) is 4.02. The predicted molar refractivity (Wildman–Crippen MR) is 85.4 cm³/mol. The smallest absolute Gasteiger partial charge is 0.236 e. The van der Waals surface area contributed by atoms with E-state index in [0.717, 1.165) is 13.1 Å². The molecule has 0 aromatic rings. The highest BCUT2D eigenvalue weighted by Gasteiger charge is 2.25. The lowest BCUT2D eigenvalue weighted by molar-refractivity contribution is -0.134. The van der Waals surface area contributed by atoms with E-state index in [1.807, 2.05) is 19.0 Å². The average Bonchev–Trinajstić information content (AvgIpc) is 2.47. The third kappa shape index (κ3) is 4.90. The van der Waals surface area contributed by atoms with Gasteiger partial charge in [0.1, 0.15) is 0 Å². The highest BCUT2D eigenvalue weighted by atomic mass is 35.5. The molecule has 0 bridgehead atoms. The number of amides is 1. The molecule has 0 aromatic carbocycles. The third-order valence-corrected chi connectivity index (χ3v) is 4.79. The predicted octanol–water partition coefficient (Wildman–Crippen LogP) is 1.88. The molecule has 1 saturated heterocycles. The van der Waals surface area contributed by atoms with Crippen molar-refractivity contribution in [1.29, 1.82) is 0 Å². The molecule has 4 nitrogen and oxygen atoms in total. The molecule has 1 N–H and O–H groups in total. The fraction of sp³-hybridized carbons (Fsp3) is 0.933. The Morgan fingerprint density at radius 3 is 2.55 bits per heavy atom. The van der Waals surface area contributed by atoms with Gasteiger partial charge in [0.05, 0.1) is 6.54 Å². The van der Waals surface area contributed by atoms with Crippen molar-refractivity contribution in [3.05, 3.63) is 0 Å². The maximum absolute atomic E-state index is 12.4. The first kappa shape index (κ1) is 17.7. The van der Waals surface area contributed by atoms with Gasteiger partial charge in [0.2, 0.25) is 5.91 Å². The number of nitrogens with one attached hydrogen (secondary N) is 1. The van der Waals surface area contributed by atoms with E-state index in [2.05, 4.69) is 10.2 Å². The molecule has 1 atom stereocenters. The Kier molecular flexibility index (Phi) is 7.85. The van der Waals surface area contributed by atoms with Gasteiger partial charge in [0, 0.05) is 25.7 Å². The minimum absolute atomic E-state index is 0. The molecule has 1 aliphatic carbocycles. The lowest BCUT2D eigenvalue weighted by Gasteiger charge is -2.35. The molecular formula is C15H30ClN3O. The molecule has 0 spiro atoms. The molecule has 1 unspecified atom stereocenters. The molecule has 2 fully saturated rings. The molecule has 1 saturated carbocycles. The largest absolute Gasteiger partial charge is 0.342 e. The number of likely N-dealkylation sites (tertiary alicyclic amines) is 1. The zero-order valence-corrected chi connectivity index (χ0v) is 13.8. The fourth-order valence-corrected chi connectivity index (χ4v) is 3.41. The Morgan fingerprint density at radius 1 is 1.20 bits per heavy atom. The monoisotopic (exact) mass is 303 g/mol. The molecule has 118 valence electrons. The van der Waals surface area contributed by atoms with Crippen LogP contribution in [0.5, 0.6) is 0 Å². The summed E-state index contributed by atoms with van der Waals surface area (Å²) >= 11 is 0. The first-order valence-electron chi connectivity index (χ1n) is 7.86. The van der Waals surface area contributed by atoms with Gasteiger partial charge in [-0.3, -0.25) is 9.69 Å². The minimum atomic E-state index is 0. The number of hydrogen-bond acceptors (Lipinski definition) is 3. The van der Waals surface area contributed by atoms with E-state index < -0.39 is 0 Å². The number of carbonyl (C=O) groups excluding carboxylic acids is 1. The zero-order valence-electron chi connectivity index (χ0n) is 12.9. The van der Waals surface area contributed by atoms with Crippen molar-refractivity contribution in [2.45, 2.75) is 57.0 Å². The summed E-state index contributed by atoms with van der Waals surface area (Å²) in [5.41, 5.74) is 0. The standard InChI is InChI=1S/C15H29N3O.ClH/c1-16-13-7-6-10-18(11-13)12-15(19)17(2)14-8-4-3-5-9-14;/h13-14,16H,3-12H2,1-2H3;1H. The Balaban J connectivity index is 0.00000200. The summed E-state index contributed by atoms with van der Waals surface area (Å²) in [6.07, 6.45) is 8.74. The third-order valence-electron chi connectivity index (χ3n) is 4.79. The van der Waals surface area contributed by atoms with Crippen LogP contribution in [-0.2, 0) is 4.79 Å². The highest BCUT2D eigenvalue weighted by Crippen LogP contribution is 2.22. The fourth-order valence-electron chi connectivity index (χ4n) is 3.41. The quantitative estimate of drug-likeness (QED) is 0.861. The van der Waals surface area contributed by atoms with Crippen LogP contribution in [0.25, 0.3) is 0 Å². The summed E-state index contributed by atoms with van der Waals surface area (Å²) in [5.74, 6) is 0.309.